The highest BCUT2D eigenvalue weighted by Crippen LogP contribution is 2.40. The molecule has 1 aromatic heterocycles. The Balaban J connectivity index is 1.83. The largest absolute Gasteiger partial charge is 0.486 e. The molecule has 0 radical (unpaired) electrons. The maximum atomic E-state index is 9.15. The van der Waals surface area contributed by atoms with Crippen molar-refractivity contribution in [1.82, 2.24) is 9.55 Å². The molecule has 2 aliphatic rings. The van der Waals surface area contributed by atoms with Crippen molar-refractivity contribution in [2.24, 2.45) is 0 Å². The minimum atomic E-state index is 0.203. The third-order valence-electron chi connectivity index (χ3n) is 4.45. The van der Waals surface area contributed by atoms with Crippen molar-refractivity contribution in [2.45, 2.75) is 38.1 Å². The normalized spacial score (nSPS) is 18.0. The van der Waals surface area contributed by atoms with Crippen LogP contribution < -0.4 is 9.47 Å². The van der Waals surface area contributed by atoms with E-state index in [0.717, 1.165) is 41.3 Å². The first-order valence-corrected chi connectivity index (χ1v) is 7.77. The second kappa shape index (κ2) is 5.22. The van der Waals surface area contributed by atoms with E-state index in [4.69, 9.17) is 19.6 Å². The van der Waals surface area contributed by atoms with Crippen LogP contribution in [0.4, 0.5) is 0 Å². The minimum absolute atomic E-state index is 0.203. The number of hydrogen-bond donors (Lipinski definition) is 1. The molecule has 1 aliphatic heterocycles. The molecule has 5 nitrogen and oxygen atoms in total. The van der Waals surface area contributed by atoms with Crippen LogP contribution in [0.15, 0.2) is 12.1 Å². The molecule has 112 valence electrons. The first kappa shape index (κ1) is 13.0. The fourth-order valence-corrected chi connectivity index (χ4v) is 3.12. The average molecular weight is 288 g/mol. The molecule has 0 amide bonds. The van der Waals surface area contributed by atoms with Gasteiger partial charge in [0.25, 0.3) is 0 Å². The molecule has 21 heavy (non-hydrogen) atoms. The van der Waals surface area contributed by atoms with Gasteiger partial charge >= 0.3 is 0 Å². The lowest BCUT2D eigenvalue weighted by molar-refractivity contribution is 0.172. The third-order valence-corrected chi connectivity index (χ3v) is 4.45. The summed E-state index contributed by atoms with van der Waals surface area (Å²) in [5.74, 6) is 3.32. The van der Waals surface area contributed by atoms with Gasteiger partial charge in [-0.15, -0.1) is 0 Å². The van der Waals surface area contributed by atoms with E-state index in [0.29, 0.717) is 19.1 Å². The SMILES string of the molecule is OCCCn1c(C2CCC2)nc2cc3c(cc21)OCCO3. The number of aliphatic hydroxyl groups excluding tert-OH is 1. The Bertz CT molecular complexity index is 661. The molecular formula is C16H20N2O3. The second-order valence-electron chi connectivity index (χ2n) is 5.81. The number of benzene rings is 1. The van der Waals surface area contributed by atoms with Gasteiger partial charge < -0.3 is 19.1 Å². The summed E-state index contributed by atoms with van der Waals surface area (Å²) >= 11 is 0. The molecule has 4 rings (SSSR count). The molecule has 1 saturated carbocycles. The number of aromatic nitrogens is 2. The average Bonchev–Trinajstić information content (AvgIpc) is 2.78. The Morgan fingerprint density at radius 2 is 1.95 bits per heavy atom. The van der Waals surface area contributed by atoms with Gasteiger partial charge in [-0.25, -0.2) is 4.98 Å². The Morgan fingerprint density at radius 1 is 1.19 bits per heavy atom. The van der Waals surface area contributed by atoms with Crippen molar-refractivity contribution in [2.75, 3.05) is 19.8 Å². The van der Waals surface area contributed by atoms with Crippen LogP contribution in [0.5, 0.6) is 11.5 Å². The number of hydrogen-bond acceptors (Lipinski definition) is 4. The van der Waals surface area contributed by atoms with Crippen molar-refractivity contribution < 1.29 is 14.6 Å². The van der Waals surface area contributed by atoms with E-state index in [-0.39, 0.29) is 6.61 Å². The molecular weight excluding hydrogens is 268 g/mol. The highest BCUT2D eigenvalue weighted by Gasteiger charge is 2.26. The van der Waals surface area contributed by atoms with Gasteiger partial charge in [0.1, 0.15) is 19.0 Å². The zero-order chi connectivity index (χ0) is 14.2. The standard InChI is InChI=1S/C16H20N2O3/c19-6-2-5-18-13-10-15-14(20-7-8-21-15)9-12(13)17-16(18)11-3-1-4-11/h9-11,19H,1-8H2. The maximum Gasteiger partial charge on any atom is 0.163 e. The molecule has 1 aliphatic carbocycles. The van der Waals surface area contributed by atoms with E-state index in [9.17, 15) is 0 Å². The second-order valence-corrected chi connectivity index (χ2v) is 5.81. The number of imidazole rings is 1. The van der Waals surface area contributed by atoms with Gasteiger partial charge in [0.15, 0.2) is 11.5 Å². The van der Waals surface area contributed by atoms with E-state index in [1.54, 1.807) is 0 Å². The van der Waals surface area contributed by atoms with Crippen molar-refractivity contribution in [1.29, 1.82) is 0 Å². The third kappa shape index (κ3) is 2.16. The van der Waals surface area contributed by atoms with E-state index < -0.39 is 0 Å². The van der Waals surface area contributed by atoms with Crippen LogP contribution in [-0.2, 0) is 6.54 Å². The summed E-state index contributed by atoms with van der Waals surface area (Å²) in [5, 5.41) is 9.15. The van der Waals surface area contributed by atoms with Crippen LogP contribution in [0, 0.1) is 0 Å². The lowest BCUT2D eigenvalue weighted by atomic mass is 9.85. The highest BCUT2D eigenvalue weighted by atomic mass is 16.6. The number of aliphatic hydroxyl groups is 1. The monoisotopic (exact) mass is 288 g/mol. The molecule has 2 aromatic rings. The highest BCUT2D eigenvalue weighted by molar-refractivity contribution is 5.81. The fourth-order valence-electron chi connectivity index (χ4n) is 3.12. The molecule has 1 N–H and O–H groups in total. The quantitative estimate of drug-likeness (QED) is 0.939. The summed E-state index contributed by atoms with van der Waals surface area (Å²) in [6, 6.07) is 4.03. The van der Waals surface area contributed by atoms with Crippen molar-refractivity contribution >= 4 is 11.0 Å². The first-order valence-electron chi connectivity index (χ1n) is 7.77. The van der Waals surface area contributed by atoms with Gasteiger partial charge in [0.2, 0.25) is 0 Å². The topological polar surface area (TPSA) is 56.5 Å². The summed E-state index contributed by atoms with van der Waals surface area (Å²) in [7, 11) is 0. The summed E-state index contributed by atoms with van der Waals surface area (Å²) in [4.78, 5) is 4.84. The minimum Gasteiger partial charge on any atom is -0.486 e. The van der Waals surface area contributed by atoms with Crippen LogP contribution in [0.25, 0.3) is 11.0 Å². The maximum absolute atomic E-state index is 9.15. The number of fused-ring (bicyclic) bond motifs is 2. The van der Waals surface area contributed by atoms with Crippen molar-refractivity contribution in [3.63, 3.8) is 0 Å². The molecule has 0 saturated heterocycles. The van der Waals surface area contributed by atoms with Crippen LogP contribution in [0.2, 0.25) is 0 Å². The predicted octanol–water partition coefficient (Wildman–Crippen LogP) is 2.46. The summed E-state index contributed by atoms with van der Waals surface area (Å²) in [6.45, 7) is 2.20. The molecule has 0 spiro atoms. The molecule has 1 fully saturated rings. The Kier molecular flexibility index (Phi) is 3.22. The molecule has 1 aromatic carbocycles. The summed E-state index contributed by atoms with van der Waals surface area (Å²) in [6.07, 6.45) is 4.47. The lowest BCUT2D eigenvalue weighted by Crippen LogP contribution is -2.16. The van der Waals surface area contributed by atoms with Gasteiger partial charge in [0.05, 0.1) is 11.0 Å². The first-order chi connectivity index (χ1) is 10.4. The number of nitrogens with zero attached hydrogens (tertiary/aromatic N) is 2. The molecule has 0 unspecified atom stereocenters. The van der Waals surface area contributed by atoms with Crippen molar-refractivity contribution in [3.05, 3.63) is 18.0 Å². The number of ether oxygens (including phenoxy) is 2. The van der Waals surface area contributed by atoms with Gasteiger partial charge in [-0.3, -0.25) is 0 Å². The van der Waals surface area contributed by atoms with Crippen LogP contribution in [-0.4, -0.2) is 34.5 Å². The van der Waals surface area contributed by atoms with Gasteiger partial charge in [0, 0.05) is 31.2 Å². The van der Waals surface area contributed by atoms with Gasteiger partial charge in [-0.2, -0.15) is 0 Å². The van der Waals surface area contributed by atoms with E-state index in [1.807, 2.05) is 12.1 Å². The summed E-state index contributed by atoms with van der Waals surface area (Å²) in [5.41, 5.74) is 2.06. The predicted molar refractivity (Wildman–Crippen MR) is 79.0 cm³/mol. The van der Waals surface area contributed by atoms with Gasteiger partial charge in [-0.05, 0) is 19.3 Å². The Labute approximate surface area is 123 Å². The Hall–Kier alpha value is -1.75. The number of aryl methyl sites for hydroxylation is 1. The van der Waals surface area contributed by atoms with Crippen LogP contribution >= 0.6 is 0 Å². The van der Waals surface area contributed by atoms with Crippen molar-refractivity contribution in [3.8, 4) is 11.5 Å². The summed E-state index contributed by atoms with van der Waals surface area (Å²) < 4.78 is 13.6. The van der Waals surface area contributed by atoms with E-state index in [2.05, 4.69) is 4.57 Å². The fraction of sp³-hybridized carbons (Fsp3) is 0.562. The van der Waals surface area contributed by atoms with E-state index in [1.165, 1.54) is 19.3 Å². The molecule has 0 atom stereocenters. The smallest absolute Gasteiger partial charge is 0.163 e. The van der Waals surface area contributed by atoms with Gasteiger partial charge in [-0.1, -0.05) is 6.42 Å². The molecule has 0 bridgehead atoms. The zero-order valence-corrected chi connectivity index (χ0v) is 12.0. The lowest BCUT2D eigenvalue weighted by Gasteiger charge is -2.25. The zero-order valence-electron chi connectivity index (χ0n) is 12.0. The van der Waals surface area contributed by atoms with Crippen LogP contribution in [0.1, 0.15) is 37.4 Å². The molecule has 5 heteroatoms. The number of rotatable bonds is 4. The Morgan fingerprint density at radius 3 is 2.62 bits per heavy atom. The molecule has 2 heterocycles. The van der Waals surface area contributed by atoms with Crippen LogP contribution in [0.3, 0.4) is 0 Å². The van der Waals surface area contributed by atoms with E-state index >= 15 is 0 Å².